The first-order valence-corrected chi connectivity index (χ1v) is 10.6. The molecule has 1 fully saturated rings. The Bertz CT molecular complexity index is 592. The van der Waals surface area contributed by atoms with Crippen molar-refractivity contribution in [3.05, 3.63) is 24.3 Å². The van der Waals surface area contributed by atoms with Gasteiger partial charge in [0.15, 0.2) is 5.96 Å². The number of anilines is 1. The molecule has 0 bridgehead atoms. The summed E-state index contributed by atoms with van der Waals surface area (Å²) in [6.45, 7) is 12.8. The lowest BCUT2D eigenvalue weighted by molar-refractivity contribution is 0.108. The minimum atomic E-state index is 0.580. The van der Waals surface area contributed by atoms with Crippen LogP contribution in [0, 0.1) is 11.8 Å². The summed E-state index contributed by atoms with van der Waals surface area (Å²) in [5.74, 6) is 2.99. The van der Waals surface area contributed by atoms with Crippen LogP contribution in [0.25, 0.3) is 0 Å². The maximum atomic E-state index is 5.63. The molecule has 1 aliphatic heterocycles. The summed E-state index contributed by atoms with van der Waals surface area (Å²) < 4.78 is 11.0. The number of benzene rings is 1. The van der Waals surface area contributed by atoms with Crippen LogP contribution in [-0.4, -0.2) is 59.0 Å². The highest BCUT2D eigenvalue weighted by Gasteiger charge is 2.22. The Morgan fingerprint density at radius 3 is 2.93 bits per heavy atom. The molecule has 6 nitrogen and oxygen atoms in total. The molecule has 1 aromatic rings. The molecular formula is C22H38N4O2. The molecule has 0 radical (unpaired) electrons. The minimum absolute atomic E-state index is 0.580. The van der Waals surface area contributed by atoms with Crippen LogP contribution in [0.2, 0.25) is 0 Å². The average Bonchev–Trinajstić information content (AvgIpc) is 3.17. The van der Waals surface area contributed by atoms with Crippen molar-refractivity contribution in [1.29, 1.82) is 0 Å². The zero-order valence-corrected chi connectivity index (χ0v) is 18.0. The molecule has 0 saturated carbocycles. The molecule has 1 unspecified atom stereocenters. The largest absolute Gasteiger partial charge is 0.497 e. The van der Waals surface area contributed by atoms with Gasteiger partial charge in [-0.2, -0.15) is 0 Å². The Labute approximate surface area is 170 Å². The average molecular weight is 391 g/mol. The Kier molecular flexibility index (Phi) is 9.97. The van der Waals surface area contributed by atoms with Gasteiger partial charge < -0.3 is 25.0 Å². The van der Waals surface area contributed by atoms with Crippen molar-refractivity contribution < 1.29 is 9.47 Å². The highest BCUT2D eigenvalue weighted by atomic mass is 16.5. The van der Waals surface area contributed by atoms with Gasteiger partial charge >= 0.3 is 0 Å². The molecule has 158 valence electrons. The molecule has 2 N–H and O–H groups in total. The number of nitrogens with one attached hydrogen (secondary N) is 2. The van der Waals surface area contributed by atoms with Crippen LogP contribution in [-0.2, 0) is 4.74 Å². The molecule has 0 amide bonds. The van der Waals surface area contributed by atoms with Gasteiger partial charge in [0.05, 0.1) is 7.11 Å². The number of ether oxygens (including phenoxy) is 2. The van der Waals surface area contributed by atoms with E-state index in [1.165, 1.54) is 12.1 Å². The zero-order valence-electron chi connectivity index (χ0n) is 18.0. The molecule has 2 rings (SSSR count). The Hall–Kier alpha value is -1.95. The number of hydrogen-bond acceptors (Lipinski definition) is 4. The van der Waals surface area contributed by atoms with Gasteiger partial charge in [0.2, 0.25) is 0 Å². The van der Waals surface area contributed by atoms with Crippen molar-refractivity contribution >= 4 is 11.6 Å². The number of rotatable bonds is 11. The van der Waals surface area contributed by atoms with Crippen LogP contribution in [0.1, 0.15) is 33.6 Å². The van der Waals surface area contributed by atoms with E-state index in [1.54, 1.807) is 7.11 Å². The lowest BCUT2D eigenvalue weighted by Gasteiger charge is -2.19. The highest BCUT2D eigenvalue weighted by Crippen LogP contribution is 2.26. The van der Waals surface area contributed by atoms with Gasteiger partial charge in [0.25, 0.3) is 0 Å². The first-order valence-electron chi connectivity index (χ1n) is 10.6. The minimum Gasteiger partial charge on any atom is -0.497 e. The Morgan fingerprint density at radius 1 is 1.32 bits per heavy atom. The van der Waals surface area contributed by atoms with E-state index in [2.05, 4.69) is 54.5 Å². The second kappa shape index (κ2) is 12.5. The van der Waals surface area contributed by atoms with E-state index in [9.17, 15) is 0 Å². The molecule has 1 aromatic carbocycles. The van der Waals surface area contributed by atoms with Crippen LogP contribution in [0.5, 0.6) is 5.75 Å². The normalized spacial score (nSPS) is 17.2. The maximum absolute atomic E-state index is 5.63. The predicted octanol–water partition coefficient (Wildman–Crippen LogP) is 3.14. The second-order valence-electron chi connectivity index (χ2n) is 7.77. The first-order chi connectivity index (χ1) is 13.6. The number of methoxy groups -OCH3 is 1. The Morgan fingerprint density at radius 2 is 2.18 bits per heavy atom. The van der Waals surface area contributed by atoms with Crippen LogP contribution in [0.15, 0.2) is 29.3 Å². The molecule has 0 spiro atoms. The summed E-state index contributed by atoms with van der Waals surface area (Å²) >= 11 is 0. The summed E-state index contributed by atoms with van der Waals surface area (Å²) in [5.41, 5.74) is 1.23. The van der Waals surface area contributed by atoms with Crippen LogP contribution >= 0.6 is 0 Å². The van der Waals surface area contributed by atoms with Gasteiger partial charge in [-0.05, 0) is 43.7 Å². The fourth-order valence-corrected chi connectivity index (χ4v) is 3.29. The van der Waals surface area contributed by atoms with Crippen molar-refractivity contribution in [2.24, 2.45) is 16.8 Å². The molecule has 1 aliphatic rings. The standard InChI is InChI=1S/C22H38N4O2/c1-5-23-22(24-11-7-13-28-17-18(2)3)25-15-19-10-12-26(16-19)20-8-6-9-21(14-20)27-4/h6,8-9,14,18-19H,5,7,10-13,15-17H2,1-4H3,(H2,23,24,25). The first kappa shape index (κ1) is 22.3. The quantitative estimate of drug-likeness (QED) is 0.345. The smallest absolute Gasteiger partial charge is 0.191 e. The molecule has 1 atom stereocenters. The summed E-state index contributed by atoms with van der Waals surface area (Å²) in [4.78, 5) is 7.23. The number of hydrogen-bond donors (Lipinski definition) is 2. The SMILES string of the molecule is CCNC(=NCC1CCN(c2cccc(OC)c2)C1)NCCCOCC(C)C. The highest BCUT2D eigenvalue weighted by molar-refractivity contribution is 5.79. The van der Waals surface area contributed by atoms with Gasteiger partial charge in [-0.25, -0.2) is 0 Å². The zero-order chi connectivity index (χ0) is 20.2. The van der Waals surface area contributed by atoms with Crippen LogP contribution in [0.3, 0.4) is 0 Å². The van der Waals surface area contributed by atoms with E-state index in [1.807, 2.05) is 6.07 Å². The second-order valence-corrected chi connectivity index (χ2v) is 7.77. The Balaban J connectivity index is 1.74. The topological polar surface area (TPSA) is 58.1 Å². The molecule has 0 aliphatic carbocycles. The molecule has 28 heavy (non-hydrogen) atoms. The van der Waals surface area contributed by atoms with E-state index in [-0.39, 0.29) is 0 Å². The third-order valence-electron chi connectivity index (χ3n) is 4.77. The third kappa shape index (κ3) is 7.97. The van der Waals surface area contributed by atoms with E-state index in [4.69, 9.17) is 14.5 Å². The monoisotopic (exact) mass is 390 g/mol. The lowest BCUT2D eigenvalue weighted by atomic mass is 10.1. The fourth-order valence-electron chi connectivity index (χ4n) is 3.29. The predicted molar refractivity (Wildman–Crippen MR) is 118 cm³/mol. The van der Waals surface area contributed by atoms with Gasteiger partial charge in [-0.1, -0.05) is 19.9 Å². The van der Waals surface area contributed by atoms with E-state index >= 15 is 0 Å². The van der Waals surface area contributed by atoms with Crippen LogP contribution < -0.4 is 20.3 Å². The van der Waals surface area contributed by atoms with Crippen LogP contribution in [0.4, 0.5) is 5.69 Å². The molecule has 1 saturated heterocycles. The van der Waals surface area contributed by atoms with Crippen molar-refractivity contribution in [3.8, 4) is 5.75 Å². The third-order valence-corrected chi connectivity index (χ3v) is 4.77. The number of guanidine groups is 1. The van der Waals surface area contributed by atoms with Crippen molar-refractivity contribution in [2.45, 2.75) is 33.6 Å². The summed E-state index contributed by atoms with van der Waals surface area (Å²) in [7, 11) is 1.71. The maximum Gasteiger partial charge on any atom is 0.191 e. The molecule has 0 aromatic heterocycles. The van der Waals surface area contributed by atoms with Gasteiger partial charge in [-0.15, -0.1) is 0 Å². The van der Waals surface area contributed by atoms with E-state index in [0.29, 0.717) is 11.8 Å². The summed E-state index contributed by atoms with van der Waals surface area (Å²) in [6.07, 6.45) is 2.16. The van der Waals surface area contributed by atoms with Crippen molar-refractivity contribution in [3.63, 3.8) is 0 Å². The van der Waals surface area contributed by atoms with E-state index < -0.39 is 0 Å². The molecular weight excluding hydrogens is 352 g/mol. The van der Waals surface area contributed by atoms with Gasteiger partial charge in [-0.3, -0.25) is 4.99 Å². The van der Waals surface area contributed by atoms with Crippen molar-refractivity contribution in [2.75, 3.05) is 57.9 Å². The molecule has 6 heteroatoms. The van der Waals surface area contributed by atoms with Gasteiger partial charge in [0.1, 0.15) is 5.75 Å². The number of aliphatic imine (C=N–C) groups is 1. The van der Waals surface area contributed by atoms with E-state index in [0.717, 1.165) is 64.1 Å². The summed E-state index contributed by atoms with van der Waals surface area (Å²) in [6, 6.07) is 8.31. The number of nitrogens with zero attached hydrogens (tertiary/aromatic N) is 2. The van der Waals surface area contributed by atoms with Crippen molar-refractivity contribution in [1.82, 2.24) is 10.6 Å². The molecule has 1 heterocycles. The fraction of sp³-hybridized carbons (Fsp3) is 0.682. The van der Waals surface area contributed by atoms with Gasteiger partial charge in [0, 0.05) is 57.7 Å². The summed E-state index contributed by atoms with van der Waals surface area (Å²) in [5, 5.41) is 6.76. The lowest BCUT2D eigenvalue weighted by Crippen LogP contribution is -2.38.